The van der Waals surface area contributed by atoms with Crippen molar-refractivity contribution in [3.05, 3.63) is 45.1 Å². The highest BCUT2D eigenvalue weighted by atomic mass is 32.2. The molecule has 0 spiro atoms. The molecule has 0 saturated heterocycles. The van der Waals surface area contributed by atoms with Crippen LogP contribution in [0.3, 0.4) is 0 Å². The first-order valence-electron chi connectivity index (χ1n) is 8.00. The summed E-state index contributed by atoms with van der Waals surface area (Å²) in [6.07, 6.45) is 0. The van der Waals surface area contributed by atoms with Gasteiger partial charge >= 0.3 is 0 Å². The fraction of sp³-hybridized carbons (Fsp3) is 0.222. The molecule has 0 fully saturated rings. The molecule has 7 nitrogen and oxygen atoms in total. The van der Waals surface area contributed by atoms with E-state index in [1.807, 2.05) is 6.07 Å². The number of nitrogens with zero attached hydrogens (tertiary/aromatic N) is 1. The number of para-hydroxylation sites is 2. The van der Waals surface area contributed by atoms with E-state index >= 15 is 0 Å². The second kappa shape index (κ2) is 7.93. The van der Waals surface area contributed by atoms with E-state index in [1.165, 1.54) is 25.4 Å². The molecule has 27 heavy (non-hydrogen) atoms. The highest BCUT2D eigenvalue weighted by Gasteiger charge is 2.17. The minimum atomic E-state index is -0.311. The number of benzene rings is 1. The maximum absolute atomic E-state index is 12.3. The number of hydrogen-bond donors (Lipinski definition) is 2. The van der Waals surface area contributed by atoms with E-state index in [-0.39, 0.29) is 23.0 Å². The van der Waals surface area contributed by atoms with Gasteiger partial charge in [-0.2, -0.15) is 0 Å². The number of nitrogens with one attached hydrogen (secondary N) is 2. The van der Waals surface area contributed by atoms with Gasteiger partial charge in [-0.25, -0.2) is 4.98 Å². The highest BCUT2D eigenvalue weighted by molar-refractivity contribution is 7.99. The summed E-state index contributed by atoms with van der Waals surface area (Å²) in [5, 5.41) is 3.52. The summed E-state index contributed by atoms with van der Waals surface area (Å²) in [7, 11) is 1.53. The van der Waals surface area contributed by atoms with E-state index in [9.17, 15) is 14.4 Å². The Bertz CT molecular complexity index is 1090. The number of rotatable bonds is 6. The van der Waals surface area contributed by atoms with Gasteiger partial charge in [-0.3, -0.25) is 14.4 Å². The third-order valence-electron chi connectivity index (χ3n) is 3.82. The van der Waals surface area contributed by atoms with Crippen molar-refractivity contribution in [1.82, 2.24) is 9.97 Å². The third-order valence-corrected chi connectivity index (χ3v) is 5.98. The van der Waals surface area contributed by atoms with Crippen LogP contribution in [0.2, 0.25) is 0 Å². The predicted octanol–water partition coefficient (Wildman–Crippen LogP) is 3.24. The van der Waals surface area contributed by atoms with Crippen LogP contribution in [-0.2, 0) is 4.79 Å². The Morgan fingerprint density at radius 1 is 1.33 bits per heavy atom. The van der Waals surface area contributed by atoms with E-state index in [0.717, 1.165) is 11.8 Å². The number of aryl methyl sites for hydroxylation is 1. The Morgan fingerprint density at radius 3 is 2.78 bits per heavy atom. The number of carbonyl (C=O) groups excluding carboxylic acids is 2. The molecule has 2 heterocycles. The van der Waals surface area contributed by atoms with Gasteiger partial charge < -0.3 is 15.0 Å². The van der Waals surface area contributed by atoms with E-state index in [4.69, 9.17) is 4.74 Å². The van der Waals surface area contributed by atoms with Gasteiger partial charge in [0.1, 0.15) is 10.6 Å². The lowest BCUT2D eigenvalue weighted by Gasteiger charge is -2.09. The van der Waals surface area contributed by atoms with Gasteiger partial charge in [-0.15, -0.1) is 11.3 Å². The van der Waals surface area contributed by atoms with Gasteiger partial charge in [0.25, 0.3) is 5.56 Å². The molecule has 0 radical (unpaired) electrons. The highest BCUT2D eigenvalue weighted by Crippen LogP contribution is 2.29. The summed E-state index contributed by atoms with van der Waals surface area (Å²) in [4.78, 5) is 44.3. The number of H-pyrrole nitrogens is 1. The molecule has 1 amide bonds. The SMILES string of the molecule is COc1ccccc1NC(=O)CSc1nc2sc(C(C)=O)c(C)c2c(=O)[nH]1. The Balaban J connectivity index is 1.76. The molecule has 2 aromatic heterocycles. The number of thioether (sulfide) groups is 1. The summed E-state index contributed by atoms with van der Waals surface area (Å²) in [6, 6.07) is 7.10. The standard InChI is InChI=1S/C18H17N3O4S2/c1-9-14-16(24)20-18(21-17(14)27-15(9)10(2)22)26-8-13(23)19-11-6-4-5-7-12(11)25-3/h4-7H,8H2,1-3H3,(H,19,23)(H,20,21,24). The largest absolute Gasteiger partial charge is 0.495 e. The number of anilines is 1. The average Bonchev–Trinajstić information content (AvgIpc) is 2.98. The van der Waals surface area contributed by atoms with Crippen LogP contribution in [0.5, 0.6) is 5.75 Å². The number of aromatic nitrogens is 2. The van der Waals surface area contributed by atoms with Crippen LogP contribution in [0.25, 0.3) is 10.2 Å². The van der Waals surface area contributed by atoms with Crippen molar-refractivity contribution in [3.63, 3.8) is 0 Å². The smallest absolute Gasteiger partial charge is 0.260 e. The van der Waals surface area contributed by atoms with E-state index < -0.39 is 0 Å². The molecule has 0 unspecified atom stereocenters. The Morgan fingerprint density at radius 2 is 2.07 bits per heavy atom. The minimum absolute atomic E-state index is 0.0659. The zero-order chi connectivity index (χ0) is 19.6. The Labute approximate surface area is 163 Å². The first-order chi connectivity index (χ1) is 12.9. The number of ketones is 1. The molecule has 1 aromatic carbocycles. The Hall–Kier alpha value is -2.65. The van der Waals surface area contributed by atoms with Crippen molar-refractivity contribution in [2.45, 2.75) is 19.0 Å². The van der Waals surface area contributed by atoms with Crippen LogP contribution in [0.1, 0.15) is 22.2 Å². The minimum Gasteiger partial charge on any atom is -0.495 e. The lowest BCUT2D eigenvalue weighted by molar-refractivity contribution is -0.113. The normalized spacial score (nSPS) is 10.8. The van der Waals surface area contributed by atoms with Crippen molar-refractivity contribution >= 4 is 50.7 Å². The maximum atomic E-state index is 12.3. The van der Waals surface area contributed by atoms with Gasteiger partial charge in [0.2, 0.25) is 5.91 Å². The maximum Gasteiger partial charge on any atom is 0.260 e. The Kier molecular flexibility index (Phi) is 5.62. The summed E-state index contributed by atoms with van der Waals surface area (Å²) in [6.45, 7) is 3.20. The molecule has 0 saturated carbocycles. The summed E-state index contributed by atoms with van der Waals surface area (Å²) < 4.78 is 5.20. The lowest BCUT2D eigenvalue weighted by Crippen LogP contribution is -2.16. The molecule has 0 aliphatic carbocycles. The monoisotopic (exact) mass is 403 g/mol. The van der Waals surface area contributed by atoms with Crippen LogP contribution in [0.15, 0.2) is 34.2 Å². The number of aromatic amines is 1. The van der Waals surface area contributed by atoms with Crippen LogP contribution in [-0.4, -0.2) is 34.5 Å². The van der Waals surface area contributed by atoms with E-state index in [1.54, 1.807) is 25.1 Å². The van der Waals surface area contributed by atoms with Crippen LogP contribution in [0, 0.1) is 6.92 Å². The molecule has 9 heteroatoms. The fourth-order valence-electron chi connectivity index (χ4n) is 2.60. The zero-order valence-electron chi connectivity index (χ0n) is 14.9. The molecule has 2 N–H and O–H groups in total. The topological polar surface area (TPSA) is 101 Å². The second-order valence-electron chi connectivity index (χ2n) is 5.70. The molecule has 0 aliphatic heterocycles. The summed E-state index contributed by atoms with van der Waals surface area (Å²) in [5.74, 6) is 0.283. The molecule has 3 rings (SSSR count). The lowest BCUT2D eigenvalue weighted by atomic mass is 10.2. The third kappa shape index (κ3) is 4.04. The van der Waals surface area contributed by atoms with Gasteiger partial charge in [0, 0.05) is 0 Å². The number of ether oxygens (including phenoxy) is 1. The van der Waals surface area contributed by atoms with Crippen LogP contribution >= 0.6 is 23.1 Å². The van der Waals surface area contributed by atoms with E-state index in [2.05, 4.69) is 15.3 Å². The van der Waals surface area contributed by atoms with Crippen molar-refractivity contribution in [3.8, 4) is 5.75 Å². The molecule has 0 atom stereocenters. The number of thiophene rings is 1. The van der Waals surface area contributed by atoms with Gasteiger partial charge in [-0.05, 0) is 31.5 Å². The number of methoxy groups -OCH3 is 1. The number of carbonyl (C=O) groups is 2. The van der Waals surface area contributed by atoms with Gasteiger partial charge in [0.05, 0.1) is 28.8 Å². The summed E-state index contributed by atoms with van der Waals surface area (Å²) in [5.41, 5.74) is 0.901. The van der Waals surface area contributed by atoms with Crippen LogP contribution < -0.4 is 15.6 Å². The number of Topliss-reactive ketones (excluding diaryl/α,β-unsaturated/α-hetero) is 1. The fourth-order valence-corrected chi connectivity index (χ4v) is 4.39. The number of fused-ring (bicyclic) bond motifs is 1. The number of hydrogen-bond acceptors (Lipinski definition) is 7. The van der Waals surface area contributed by atoms with Gasteiger partial charge in [-0.1, -0.05) is 23.9 Å². The average molecular weight is 403 g/mol. The van der Waals surface area contributed by atoms with Crippen LogP contribution in [0.4, 0.5) is 5.69 Å². The molecule has 0 bridgehead atoms. The van der Waals surface area contributed by atoms with E-state index in [0.29, 0.717) is 37.3 Å². The molecule has 3 aromatic rings. The summed E-state index contributed by atoms with van der Waals surface area (Å²) >= 11 is 2.31. The van der Waals surface area contributed by atoms with Gasteiger partial charge in [0.15, 0.2) is 10.9 Å². The van der Waals surface area contributed by atoms with Crippen molar-refractivity contribution < 1.29 is 14.3 Å². The van der Waals surface area contributed by atoms with Crippen molar-refractivity contribution in [2.75, 3.05) is 18.2 Å². The van der Waals surface area contributed by atoms with Crippen molar-refractivity contribution in [1.29, 1.82) is 0 Å². The number of amides is 1. The zero-order valence-corrected chi connectivity index (χ0v) is 16.5. The second-order valence-corrected chi connectivity index (χ2v) is 7.66. The first-order valence-corrected chi connectivity index (χ1v) is 9.81. The quantitative estimate of drug-likeness (QED) is 0.372. The molecular weight excluding hydrogens is 386 g/mol. The first kappa shape index (κ1) is 19.1. The van der Waals surface area contributed by atoms with Crippen molar-refractivity contribution in [2.24, 2.45) is 0 Å². The molecular formula is C18H17N3O4S2. The molecule has 140 valence electrons. The predicted molar refractivity (Wildman–Crippen MR) is 107 cm³/mol. The molecule has 0 aliphatic rings.